The molecule has 0 saturated carbocycles. The average molecular weight is 475 g/mol. The fourth-order valence-corrected chi connectivity index (χ4v) is 4.52. The Hall–Kier alpha value is -3.53. The fraction of sp³-hybridized carbons (Fsp3) is 0.320. The van der Waals surface area contributed by atoms with Crippen LogP contribution in [0.1, 0.15) is 29.5 Å². The van der Waals surface area contributed by atoms with Crippen LogP contribution in [0.2, 0.25) is 0 Å². The van der Waals surface area contributed by atoms with Crippen LogP contribution in [0.3, 0.4) is 0 Å². The first-order valence-corrected chi connectivity index (χ1v) is 12.0. The molecule has 5 heterocycles. The van der Waals surface area contributed by atoms with E-state index in [1.807, 2.05) is 12.1 Å². The zero-order valence-corrected chi connectivity index (χ0v) is 19.3. The predicted molar refractivity (Wildman–Crippen MR) is 128 cm³/mol. The number of pyridine rings is 3. The van der Waals surface area contributed by atoms with E-state index in [0.29, 0.717) is 33.4 Å². The molecular weight excluding hydrogens is 451 g/mol. The van der Waals surface area contributed by atoms with E-state index >= 15 is 0 Å². The second-order valence-corrected chi connectivity index (χ2v) is 8.74. The van der Waals surface area contributed by atoms with E-state index in [9.17, 15) is 14.9 Å². The minimum Gasteiger partial charge on any atom is -0.381 e. The monoisotopic (exact) mass is 474 g/mol. The van der Waals surface area contributed by atoms with Crippen LogP contribution < -0.4 is 4.90 Å². The molecule has 0 unspecified atom stereocenters. The lowest BCUT2D eigenvalue weighted by molar-refractivity contribution is 0.198. The van der Waals surface area contributed by atoms with Crippen LogP contribution in [-0.4, -0.2) is 47.4 Å². The highest BCUT2D eigenvalue weighted by Crippen LogP contribution is 2.39. The van der Waals surface area contributed by atoms with E-state index in [0.717, 1.165) is 18.8 Å². The molecule has 0 aromatic carbocycles. The molecule has 0 atom stereocenters. The summed E-state index contributed by atoms with van der Waals surface area (Å²) < 4.78 is 18.4. The van der Waals surface area contributed by atoms with E-state index in [1.165, 1.54) is 24.6 Å². The predicted octanol–water partition coefficient (Wildman–Crippen LogP) is 4.53. The van der Waals surface area contributed by atoms with Gasteiger partial charge in [0.1, 0.15) is 34.7 Å². The largest absolute Gasteiger partial charge is 0.381 e. The van der Waals surface area contributed by atoms with Crippen molar-refractivity contribution >= 4 is 17.6 Å². The number of alkyl halides is 1. The maximum atomic E-state index is 13.5. The third-order valence-corrected chi connectivity index (χ3v) is 6.40. The first-order chi connectivity index (χ1) is 16.7. The average Bonchev–Trinajstić information content (AvgIpc) is 3.46. The zero-order chi connectivity index (χ0) is 23.8. The van der Waals surface area contributed by atoms with Gasteiger partial charge in [-0.25, -0.2) is 9.37 Å². The van der Waals surface area contributed by atoms with Gasteiger partial charge in [0.15, 0.2) is 0 Å². The van der Waals surface area contributed by atoms with Gasteiger partial charge in [0, 0.05) is 43.1 Å². The van der Waals surface area contributed by atoms with Gasteiger partial charge in [-0.3, -0.25) is 9.97 Å². The van der Waals surface area contributed by atoms with Gasteiger partial charge in [0.05, 0.1) is 24.3 Å². The molecule has 0 N–H and O–H groups in total. The lowest BCUT2D eigenvalue weighted by Crippen LogP contribution is -2.49. The van der Waals surface area contributed by atoms with Crippen molar-refractivity contribution in [2.24, 2.45) is 0 Å². The van der Waals surface area contributed by atoms with Crippen LogP contribution in [-0.2, 0) is 10.5 Å². The third kappa shape index (κ3) is 5.51. The van der Waals surface area contributed by atoms with Crippen LogP contribution in [0.15, 0.2) is 53.9 Å². The number of nitrogens with zero attached hydrogens (tertiary/aromatic N) is 6. The van der Waals surface area contributed by atoms with Gasteiger partial charge in [-0.05, 0) is 36.6 Å². The quantitative estimate of drug-likeness (QED) is 0.498. The van der Waals surface area contributed by atoms with Crippen molar-refractivity contribution in [3.63, 3.8) is 0 Å². The van der Waals surface area contributed by atoms with Gasteiger partial charge < -0.3 is 9.64 Å². The van der Waals surface area contributed by atoms with E-state index in [4.69, 9.17) is 4.74 Å². The molecule has 9 heteroatoms. The summed E-state index contributed by atoms with van der Waals surface area (Å²) in [5.74, 6) is 0.962. The molecule has 34 heavy (non-hydrogen) atoms. The molecular formula is C25H23FN6OS. The topological polar surface area (TPSA) is 98.7 Å². The number of anilines is 1. The lowest BCUT2D eigenvalue weighted by Gasteiger charge is -2.36. The van der Waals surface area contributed by atoms with Crippen LogP contribution in [0.4, 0.5) is 10.2 Å². The summed E-state index contributed by atoms with van der Waals surface area (Å²) in [4.78, 5) is 14.8. The molecule has 3 aromatic heterocycles. The Morgan fingerprint density at radius 2 is 1.85 bits per heavy atom. The molecule has 3 aromatic rings. The normalized spacial score (nSPS) is 15.0. The van der Waals surface area contributed by atoms with Gasteiger partial charge in [0.2, 0.25) is 0 Å². The van der Waals surface area contributed by atoms with E-state index < -0.39 is 6.17 Å². The number of hydrogen-bond donors (Lipinski definition) is 0. The summed E-state index contributed by atoms with van der Waals surface area (Å²) in [6.45, 7) is 2.36. The summed E-state index contributed by atoms with van der Waals surface area (Å²) in [6.07, 6.45) is 6.68. The van der Waals surface area contributed by atoms with E-state index in [-0.39, 0.29) is 18.7 Å². The Morgan fingerprint density at radius 3 is 2.41 bits per heavy atom. The molecule has 0 spiro atoms. The van der Waals surface area contributed by atoms with Gasteiger partial charge in [-0.1, -0.05) is 12.1 Å². The molecule has 2 aliphatic rings. The van der Waals surface area contributed by atoms with Crippen LogP contribution in [0.25, 0.3) is 11.3 Å². The van der Waals surface area contributed by atoms with Gasteiger partial charge in [-0.15, -0.1) is 11.8 Å². The second-order valence-electron chi connectivity index (χ2n) is 7.78. The summed E-state index contributed by atoms with van der Waals surface area (Å²) in [7, 11) is 0. The fourth-order valence-electron chi connectivity index (χ4n) is 3.60. The Morgan fingerprint density at radius 1 is 1.06 bits per heavy atom. The number of halogens is 1. The molecule has 2 fully saturated rings. The molecule has 5 rings (SSSR count). The zero-order valence-electron chi connectivity index (χ0n) is 18.5. The highest BCUT2D eigenvalue weighted by molar-refractivity contribution is 7.98. The summed E-state index contributed by atoms with van der Waals surface area (Å²) in [6, 6.07) is 13.5. The molecule has 0 bridgehead atoms. The molecule has 2 saturated heterocycles. The van der Waals surface area contributed by atoms with Crippen LogP contribution >= 0.6 is 11.8 Å². The van der Waals surface area contributed by atoms with E-state index in [1.54, 1.807) is 41.7 Å². The lowest BCUT2D eigenvalue weighted by atomic mass is 9.99. The van der Waals surface area contributed by atoms with Gasteiger partial charge in [0.25, 0.3) is 0 Å². The standard InChI is InChI=1S/C21H15FN6S.C4H8O/c22-15-11-28(12-15)20-16(8-23)19(18-5-1-2-7-26-18)17(9-24)21(27-20)29-13-14-4-3-6-25-10-14;1-2-4-5-3-1/h1-7,10,15H,11-13H2;1-4H2. The minimum atomic E-state index is -0.941. The molecule has 0 radical (unpaired) electrons. The SMILES string of the molecule is C1CCOC1.N#Cc1c(SCc2cccnc2)nc(N2CC(F)C2)c(C#N)c1-c1ccccn1. The number of thioether (sulfide) groups is 1. The van der Waals surface area contributed by atoms with Crippen molar-refractivity contribution in [2.45, 2.75) is 29.8 Å². The highest BCUT2D eigenvalue weighted by Gasteiger charge is 2.32. The third-order valence-electron chi connectivity index (χ3n) is 5.35. The number of ether oxygens (including phenoxy) is 1. The summed E-state index contributed by atoms with van der Waals surface area (Å²) in [5, 5.41) is 20.2. The molecule has 0 aliphatic carbocycles. The number of nitriles is 2. The summed E-state index contributed by atoms with van der Waals surface area (Å²) in [5.41, 5.74) is 2.50. The van der Waals surface area contributed by atoms with Crippen LogP contribution in [0, 0.1) is 22.7 Å². The van der Waals surface area contributed by atoms with Gasteiger partial charge in [-0.2, -0.15) is 10.5 Å². The van der Waals surface area contributed by atoms with Crippen molar-refractivity contribution < 1.29 is 9.13 Å². The number of hydrogen-bond acceptors (Lipinski definition) is 8. The first-order valence-electron chi connectivity index (χ1n) is 11.0. The molecule has 7 nitrogen and oxygen atoms in total. The first kappa shape index (κ1) is 23.6. The van der Waals surface area contributed by atoms with Gasteiger partial charge >= 0.3 is 0 Å². The Balaban J connectivity index is 0.000000486. The molecule has 0 amide bonds. The van der Waals surface area contributed by atoms with Crippen molar-refractivity contribution in [3.05, 3.63) is 65.6 Å². The molecule has 172 valence electrons. The second kappa shape index (κ2) is 11.6. The van der Waals surface area contributed by atoms with Crippen LogP contribution in [0.5, 0.6) is 0 Å². The maximum absolute atomic E-state index is 13.5. The number of rotatable bonds is 5. The Bertz CT molecular complexity index is 1180. The van der Waals surface area contributed by atoms with Crippen molar-refractivity contribution in [3.8, 4) is 23.4 Å². The minimum absolute atomic E-state index is 0.182. The smallest absolute Gasteiger partial charge is 0.148 e. The number of aromatic nitrogens is 3. The van der Waals surface area contributed by atoms with Crippen molar-refractivity contribution in [2.75, 3.05) is 31.2 Å². The highest BCUT2D eigenvalue weighted by atomic mass is 32.2. The molecule has 2 aliphatic heterocycles. The Kier molecular flexibility index (Phi) is 8.03. The van der Waals surface area contributed by atoms with E-state index in [2.05, 4.69) is 27.1 Å². The Labute approximate surface area is 202 Å². The van der Waals surface area contributed by atoms with Crippen molar-refractivity contribution in [1.29, 1.82) is 10.5 Å². The maximum Gasteiger partial charge on any atom is 0.148 e. The summed E-state index contributed by atoms with van der Waals surface area (Å²) >= 11 is 1.39. The van der Waals surface area contributed by atoms with Crippen molar-refractivity contribution in [1.82, 2.24) is 15.0 Å².